The molecular formula is C22H28N2O5. The molecule has 0 radical (unpaired) electrons. The molecule has 0 bridgehead atoms. The van der Waals surface area contributed by atoms with E-state index in [0.717, 1.165) is 5.56 Å². The SMILES string of the molecule is COCCOc1ccc(C(C)NC(=O)CCNC(=O)c2ccccc2)cc1OC. The number of amides is 2. The van der Waals surface area contributed by atoms with E-state index >= 15 is 0 Å². The molecule has 2 amide bonds. The van der Waals surface area contributed by atoms with Crippen LogP contribution in [0.25, 0.3) is 0 Å². The molecule has 29 heavy (non-hydrogen) atoms. The summed E-state index contributed by atoms with van der Waals surface area (Å²) >= 11 is 0. The number of carbonyl (C=O) groups is 2. The lowest BCUT2D eigenvalue weighted by Gasteiger charge is -2.17. The van der Waals surface area contributed by atoms with Gasteiger partial charge in [0.1, 0.15) is 6.61 Å². The number of ether oxygens (including phenoxy) is 3. The number of carbonyl (C=O) groups excluding carboxylic acids is 2. The molecule has 2 aromatic rings. The van der Waals surface area contributed by atoms with Gasteiger partial charge in [0.15, 0.2) is 11.5 Å². The highest BCUT2D eigenvalue weighted by molar-refractivity contribution is 5.94. The third kappa shape index (κ3) is 7.12. The Labute approximate surface area is 171 Å². The van der Waals surface area contributed by atoms with Crippen LogP contribution < -0.4 is 20.1 Å². The summed E-state index contributed by atoms with van der Waals surface area (Å²) in [5.74, 6) is 0.871. The van der Waals surface area contributed by atoms with Gasteiger partial charge in [0.05, 0.1) is 19.8 Å². The highest BCUT2D eigenvalue weighted by atomic mass is 16.5. The number of benzene rings is 2. The number of hydrogen-bond donors (Lipinski definition) is 2. The van der Waals surface area contributed by atoms with Gasteiger partial charge in [-0.15, -0.1) is 0 Å². The van der Waals surface area contributed by atoms with Crippen molar-refractivity contribution in [3.63, 3.8) is 0 Å². The van der Waals surface area contributed by atoms with Crippen LogP contribution in [0.1, 0.15) is 35.3 Å². The number of nitrogens with one attached hydrogen (secondary N) is 2. The fourth-order valence-corrected chi connectivity index (χ4v) is 2.69. The monoisotopic (exact) mass is 400 g/mol. The van der Waals surface area contributed by atoms with Crippen molar-refractivity contribution in [3.8, 4) is 11.5 Å². The average molecular weight is 400 g/mol. The molecule has 0 heterocycles. The molecule has 1 atom stereocenters. The maximum absolute atomic E-state index is 12.2. The lowest BCUT2D eigenvalue weighted by Crippen LogP contribution is -2.32. The fraction of sp³-hybridized carbons (Fsp3) is 0.364. The maximum atomic E-state index is 12.2. The third-order valence-electron chi connectivity index (χ3n) is 4.28. The lowest BCUT2D eigenvalue weighted by molar-refractivity contribution is -0.121. The summed E-state index contributed by atoms with van der Waals surface area (Å²) < 4.78 is 16.0. The van der Waals surface area contributed by atoms with Gasteiger partial charge in [0, 0.05) is 25.6 Å². The van der Waals surface area contributed by atoms with E-state index in [-0.39, 0.29) is 30.8 Å². The number of rotatable bonds is 11. The predicted octanol–water partition coefficient (Wildman–Crippen LogP) is 2.72. The Bertz CT molecular complexity index is 795. The summed E-state index contributed by atoms with van der Waals surface area (Å²) in [5.41, 5.74) is 1.46. The van der Waals surface area contributed by atoms with Crippen molar-refractivity contribution in [1.29, 1.82) is 0 Å². The molecule has 0 aliphatic heterocycles. The number of hydrogen-bond acceptors (Lipinski definition) is 5. The van der Waals surface area contributed by atoms with Crippen LogP contribution in [0, 0.1) is 0 Å². The van der Waals surface area contributed by atoms with Crippen molar-refractivity contribution in [2.45, 2.75) is 19.4 Å². The molecule has 2 aromatic carbocycles. The minimum absolute atomic E-state index is 0.148. The Morgan fingerprint density at radius 3 is 2.45 bits per heavy atom. The predicted molar refractivity (Wildman–Crippen MR) is 110 cm³/mol. The Morgan fingerprint density at radius 1 is 1.00 bits per heavy atom. The summed E-state index contributed by atoms with van der Waals surface area (Å²) in [6.45, 7) is 3.06. The summed E-state index contributed by atoms with van der Waals surface area (Å²) in [7, 11) is 3.18. The first-order valence-electron chi connectivity index (χ1n) is 9.47. The van der Waals surface area contributed by atoms with E-state index in [1.165, 1.54) is 0 Å². The van der Waals surface area contributed by atoms with Gasteiger partial charge in [-0.2, -0.15) is 0 Å². The molecule has 0 aliphatic rings. The van der Waals surface area contributed by atoms with Crippen LogP contribution in [-0.2, 0) is 9.53 Å². The van der Waals surface area contributed by atoms with Gasteiger partial charge in [0.25, 0.3) is 5.91 Å². The van der Waals surface area contributed by atoms with E-state index in [4.69, 9.17) is 14.2 Å². The molecule has 0 saturated carbocycles. The van der Waals surface area contributed by atoms with Crippen LogP contribution in [0.15, 0.2) is 48.5 Å². The van der Waals surface area contributed by atoms with Crippen molar-refractivity contribution in [2.24, 2.45) is 0 Å². The Morgan fingerprint density at radius 2 is 1.76 bits per heavy atom. The topological polar surface area (TPSA) is 85.9 Å². The molecular weight excluding hydrogens is 372 g/mol. The Balaban J connectivity index is 1.83. The molecule has 7 nitrogen and oxygen atoms in total. The molecule has 7 heteroatoms. The maximum Gasteiger partial charge on any atom is 0.251 e. The molecule has 2 N–H and O–H groups in total. The molecule has 156 valence electrons. The largest absolute Gasteiger partial charge is 0.493 e. The zero-order chi connectivity index (χ0) is 21.1. The van der Waals surface area contributed by atoms with Crippen LogP contribution in [0.3, 0.4) is 0 Å². The first-order chi connectivity index (χ1) is 14.0. The quantitative estimate of drug-likeness (QED) is 0.567. The van der Waals surface area contributed by atoms with Crippen molar-refractivity contribution in [1.82, 2.24) is 10.6 Å². The molecule has 0 aliphatic carbocycles. The Hall–Kier alpha value is -3.06. The highest BCUT2D eigenvalue weighted by Crippen LogP contribution is 2.30. The Kier molecular flexibility index (Phi) is 8.98. The van der Waals surface area contributed by atoms with Crippen LogP contribution in [0.2, 0.25) is 0 Å². The minimum atomic E-state index is -0.214. The number of methoxy groups -OCH3 is 2. The normalized spacial score (nSPS) is 11.4. The van der Waals surface area contributed by atoms with Gasteiger partial charge in [-0.25, -0.2) is 0 Å². The van der Waals surface area contributed by atoms with E-state index in [2.05, 4.69) is 10.6 Å². The van der Waals surface area contributed by atoms with Crippen molar-refractivity contribution < 1.29 is 23.8 Å². The standard InChI is InChI=1S/C22H28N2O5/c1-16(18-9-10-19(20(15-18)28-3)29-14-13-27-2)24-21(25)11-12-23-22(26)17-7-5-4-6-8-17/h4-10,15-16H,11-14H2,1-3H3,(H,23,26)(H,24,25). The summed E-state index contributed by atoms with van der Waals surface area (Å²) in [4.78, 5) is 24.2. The summed E-state index contributed by atoms with van der Waals surface area (Å²) in [6.07, 6.45) is 0.193. The third-order valence-corrected chi connectivity index (χ3v) is 4.28. The fourth-order valence-electron chi connectivity index (χ4n) is 2.69. The first-order valence-corrected chi connectivity index (χ1v) is 9.47. The van der Waals surface area contributed by atoms with E-state index < -0.39 is 0 Å². The zero-order valence-corrected chi connectivity index (χ0v) is 17.1. The van der Waals surface area contributed by atoms with E-state index in [0.29, 0.717) is 30.3 Å². The zero-order valence-electron chi connectivity index (χ0n) is 17.1. The summed E-state index contributed by atoms with van der Waals surface area (Å²) in [5, 5.41) is 5.67. The van der Waals surface area contributed by atoms with Gasteiger partial charge >= 0.3 is 0 Å². The van der Waals surface area contributed by atoms with Crippen LogP contribution >= 0.6 is 0 Å². The van der Waals surface area contributed by atoms with Gasteiger partial charge in [-0.3, -0.25) is 9.59 Å². The second-order valence-corrected chi connectivity index (χ2v) is 6.41. The van der Waals surface area contributed by atoms with Crippen LogP contribution in [0.5, 0.6) is 11.5 Å². The van der Waals surface area contributed by atoms with Crippen LogP contribution in [0.4, 0.5) is 0 Å². The average Bonchev–Trinajstić information content (AvgIpc) is 2.74. The smallest absolute Gasteiger partial charge is 0.251 e. The van der Waals surface area contributed by atoms with Crippen molar-refractivity contribution >= 4 is 11.8 Å². The van der Waals surface area contributed by atoms with Gasteiger partial charge < -0.3 is 24.8 Å². The highest BCUT2D eigenvalue weighted by Gasteiger charge is 2.13. The second-order valence-electron chi connectivity index (χ2n) is 6.41. The molecule has 0 aromatic heterocycles. The minimum Gasteiger partial charge on any atom is -0.493 e. The van der Waals surface area contributed by atoms with Gasteiger partial charge in [-0.1, -0.05) is 24.3 Å². The first kappa shape index (κ1) is 22.2. The molecule has 0 saturated heterocycles. The van der Waals surface area contributed by atoms with E-state index in [1.54, 1.807) is 38.5 Å². The van der Waals surface area contributed by atoms with Gasteiger partial charge in [0.2, 0.25) is 5.91 Å². The summed E-state index contributed by atoms with van der Waals surface area (Å²) in [6, 6.07) is 14.2. The van der Waals surface area contributed by atoms with Crippen molar-refractivity contribution in [3.05, 3.63) is 59.7 Å². The van der Waals surface area contributed by atoms with E-state index in [1.807, 2.05) is 31.2 Å². The molecule has 0 fully saturated rings. The van der Waals surface area contributed by atoms with Crippen molar-refractivity contribution in [2.75, 3.05) is 34.0 Å². The lowest BCUT2D eigenvalue weighted by atomic mass is 10.1. The van der Waals surface area contributed by atoms with Gasteiger partial charge in [-0.05, 0) is 36.8 Å². The molecule has 2 rings (SSSR count). The van der Waals surface area contributed by atoms with E-state index in [9.17, 15) is 9.59 Å². The second kappa shape index (κ2) is 11.7. The molecule has 1 unspecified atom stereocenters. The molecule has 0 spiro atoms. The van der Waals surface area contributed by atoms with Crippen LogP contribution in [-0.4, -0.2) is 45.8 Å².